The molecule has 1 aromatic heterocycles. The van der Waals surface area contributed by atoms with E-state index in [1.807, 2.05) is 19.9 Å². The summed E-state index contributed by atoms with van der Waals surface area (Å²) < 4.78 is 23.3. The molecule has 0 radical (unpaired) electrons. The van der Waals surface area contributed by atoms with Crippen molar-refractivity contribution < 1.29 is 33.3 Å². The van der Waals surface area contributed by atoms with Gasteiger partial charge in [0.25, 0.3) is 5.88 Å². The van der Waals surface area contributed by atoms with Gasteiger partial charge < -0.3 is 29.2 Å². The van der Waals surface area contributed by atoms with Crippen LogP contribution >= 0.6 is 11.6 Å². The van der Waals surface area contributed by atoms with Crippen LogP contribution in [0.5, 0.6) is 11.6 Å². The molecule has 12 heteroatoms. The number of esters is 1. The van der Waals surface area contributed by atoms with Gasteiger partial charge in [-0.2, -0.15) is 0 Å². The van der Waals surface area contributed by atoms with Gasteiger partial charge in [0.15, 0.2) is 5.15 Å². The number of methoxy groups -OCH3 is 1. The molecule has 5 rings (SSSR count). The average molecular weight is 685 g/mol. The summed E-state index contributed by atoms with van der Waals surface area (Å²) in [7, 11) is 1.56. The highest BCUT2D eigenvalue weighted by atomic mass is 35.5. The Hall–Kier alpha value is -3.60. The Labute approximate surface area is 288 Å². The van der Waals surface area contributed by atoms with Crippen molar-refractivity contribution in [1.82, 2.24) is 20.2 Å². The van der Waals surface area contributed by atoms with Gasteiger partial charge in [-0.05, 0) is 82.8 Å². The van der Waals surface area contributed by atoms with Crippen LogP contribution in [-0.2, 0) is 19.1 Å². The summed E-state index contributed by atoms with van der Waals surface area (Å²) in [5, 5.41) is 3.00. The summed E-state index contributed by atoms with van der Waals surface area (Å²) in [5.74, 6) is -0.415. The number of hydrogen-bond donors (Lipinski definition) is 1. The van der Waals surface area contributed by atoms with Crippen molar-refractivity contribution in [1.29, 1.82) is 0 Å². The minimum atomic E-state index is -0.975. The zero-order valence-electron chi connectivity index (χ0n) is 28.9. The van der Waals surface area contributed by atoms with Gasteiger partial charge in [-0.3, -0.25) is 4.79 Å². The maximum atomic E-state index is 14.7. The second-order valence-electron chi connectivity index (χ2n) is 14.8. The monoisotopic (exact) mass is 684 g/mol. The Kier molecular flexibility index (Phi) is 10.8. The van der Waals surface area contributed by atoms with Crippen LogP contribution in [0.3, 0.4) is 0 Å². The number of allylic oxidation sites excluding steroid dienone is 1. The topological polar surface area (TPSA) is 129 Å². The van der Waals surface area contributed by atoms with Gasteiger partial charge >= 0.3 is 12.1 Å². The standard InChI is InChI=1S/C36H49ClN4O7/c1-8-9-10-13-22-18-26(22)47-34(44)40-29(36(6)16-11-12-17-36)32(42)41-20-27(21(2)28(41)33(43)48-35(3,4)5)46-31-30(37)38-24-15-14-23(45-7)19-25(24)39-31/h8,14-15,19,21-22,26-29H,1,9-13,16-18,20H2,2-7H3,(H,40,44)/t21-,22-,26-,27+,28+,29-/m1/s1. The number of fused-ring (bicyclic) bond motifs is 1. The highest BCUT2D eigenvalue weighted by Gasteiger charge is 2.53. The van der Waals surface area contributed by atoms with Crippen LogP contribution in [0.15, 0.2) is 30.9 Å². The number of aromatic nitrogens is 2. The predicted molar refractivity (Wildman–Crippen MR) is 182 cm³/mol. The van der Waals surface area contributed by atoms with Crippen molar-refractivity contribution in [2.45, 2.75) is 116 Å². The number of alkyl carbamates (subject to hydrolysis) is 1. The second-order valence-corrected chi connectivity index (χ2v) is 15.1. The summed E-state index contributed by atoms with van der Waals surface area (Å²) in [6, 6.07) is 3.36. The quantitative estimate of drug-likeness (QED) is 0.148. The molecule has 2 aromatic rings. The molecule has 11 nitrogen and oxygen atoms in total. The smallest absolute Gasteiger partial charge is 0.408 e. The van der Waals surface area contributed by atoms with E-state index in [9.17, 15) is 14.4 Å². The van der Waals surface area contributed by atoms with Crippen molar-refractivity contribution in [2.75, 3.05) is 13.7 Å². The van der Waals surface area contributed by atoms with Crippen LogP contribution in [0.4, 0.5) is 4.79 Å². The van der Waals surface area contributed by atoms with Crippen LogP contribution in [-0.4, -0.2) is 76.4 Å². The molecule has 3 fully saturated rings. The SMILES string of the molecule is C=CCCC[C@@H]1C[C@H]1OC(=O)N[C@H](C(=O)N1C[C@H](Oc2nc3cc(OC)ccc3nc2Cl)[C@@H](C)[C@H]1C(=O)OC(C)(C)C)C1(C)CCCC1. The molecule has 0 spiro atoms. The molecule has 2 heterocycles. The van der Waals surface area contributed by atoms with Crippen LogP contribution in [0, 0.1) is 17.3 Å². The summed E-state index contributed by atoms with van der Waals surface area (Å²) >= 11 is 6.52. The van der Waals surface area contributed by atoms with Gasteiger partial charge in [0.2, 0.25) is 5.91 Å². The molecule has 1 aliphatic heterocycles. The van der Waals surface area contributed by atoms with Gasteiger partial charge in [0.05, 0.1) is 24.7 Å². The lowest BCUT2D eigenvalue weighted by atomic mass is 9.79. The third-order valence-electron chi connectivity index (χ3n) is 9.84. The number of nitrogens with zero attached hydrogens (tertiary/aromatic N) is 3. The highest BCUT2D eigenvalue weighted by Crippen LogP contribution is 2.43. The first-order valence-electron chi connectivity index (χ1n) is 17.0. The Morgan fingerprint density at radius 1 is 1.17 bits per heavy atom. The first kappa shape index (κ1) is 35.7. The Morgan fingerprint density at radius 3 is 2.56 bits per heavy atom. The van der Waals surface area contributed by atoms with E-state index >= 15 is 0 Å². The van der Waals surface area contributed by atoms with Crippen molar-refractivity contribution >= 4 is 40.6 Å². The number of halogens is 1. The van der Waals surface area contributed by atoms with E-state index in [1.165, 1.54) is 4.90 Å². The molecule has 1 N–H and O–H groups in total. The number of carbonyl (C=O) groups excluding carboxylic acids is 3. The molecule has 2 aliphatic carbocycles. The number of nitrogens with one attached hydrogen (secondary N) is 1. The number of rotatable bonds is 12. The summed E-state index contributed by atoms with van der Waals surface area (Å²) in [4.78, 5) is 52.3. The van der Waals surface area contributed by atoms with Crippen molar-refractivity contribution in [3.8, 4) is 11.6 Å². The van der Waals surface area contributed by atoms with Gasteiger partial charge in [-0.1, -0.05) is 44.4 Å². The molecule has 3 aliphatic rings. The zero-order valence-corrected chi connectivity index (χ0v) is 29.7. The minimum absolute atomic E-state index is 0.0510. The van der Waals surface area contributed by atoms with Gasteiger partial charge in [0.1, 0.15) is 35.6 Å². The molecule has 262 valence electrons. The number of benzene rings is 1. The van der Waals surface area contributed by atoms with E-state index in [4.69, 9.17) is 30.5 Å². The maximum absolute atomic E-state index is 14.7. The number of hydrogen-bond acceptors (Lipinski definition) is 9. The van der Waals surface area contributed by atoms with Crippen LogP contribution in [0.1, 0.15) is 86.0 Å². The lowest BCUT2D eigenvalue weighted by Crippen LogP contribution is -2.58. The third-order valence-corrected chi connectivity index (χ3v) is 10.1. The van der Waals surface area contributed by atoms with E-state index in [0.717, 1.165) is 51.4 Å². The van der Waals surface area contributed by atoms with E-state index < -0.39 is 47.2 Å². The normalized spacial score (nSPS) is 25.3. The average Bonchev–Trinajstić information content (AvgIpc) is 3.44. The lowest BCUT2D eigenvalue weighted by molar-refractivity contribution is -0.165. The number of unbranched alkanes of at least 4 members (excludes halogenated alkanes) is 1. The fourth-order valence-corrected chi connectivity index (χ4v) is 7.21. The number of ether oxygens (including phenoxy) is 4. The number of amides is 2. The van der Waals surface area contributed by atoms with Gasteiger partial charge in [0, 0.05) is 12.0 Å². The van der Waals surface area contributed by atoms with E-state index in [2.05, 4.69) is 21.9 Å². The molecule has 0 unspecified atom stereocenters. The van der Waals surface area contributed by atoms with Crippen molar-refractivity contribution in [2.24, 2.45) is 17.3 Å². The fraction of sp³-hybridized carbons (Fsp3) is 0.639. The highest BCUT2D eigenvalue weighted by molar-refractivity contribution is 6.31. The van der Waals surface area contributed by atoms with E-state index in [0.29, 0.717) is 22.7 Å². The maximum Gasteiger partial charge on any atom is 0.408 e. The molecule has 1 saturated heterocycles. The van der Waals surface area contributed by atoms with Crippen molar-refractivity contribution in [3.05, 3.63) is 36.0 Å². The fourth-order valence-electron chi connectivity index (χ4n) is 7.03. The molecule has 2 saturated carbocycles. The van der Waals surface area contributed by atoms with Crippen LogP contribution in [0.25, 0.3) is 11.0 Å². The third kappa shape index (κ3) is 8.15. The second kappa shape index (κ2) is 14.5. The molecular formula is C36H49ClN4O7. The molecule has 0 bridgehead atoms. The number of carbonyl (C=O) groups is 3. The lowest BCUT2D eigenvalue weighted by Gasteiger charge is -2.37. The van der Waals surface area contributed by atoms with Crippen molar-refractivity contribution in [3.63, 3.8) is 0 Å². The molecular weight excluding hydrogens is 636 g/mol. The number of likely N-dealkylation sites (tertiary alicyclic amines) is 1. The molecule has 1 aromatic carbocycles. The Bertz CT molecular complexity index is 1520. The Morgan fingerprint density at radius 2 is 1.90 bits per heavy atom. The first-order chi connectivity index (χ1) is 22.7. The van der Waals surface area contributed by atoms with Gasteiger partial charge in [-0.15, -0.1) is 6.58 Å². The van der Waals surface area contributed by atoms with Gasteiger partial charge in [-0.25, -0.2) is 19.6 Å². The zero-order chi connectivity index (χ0) is 34.8. The van der Waals surface area contributed by atoms with E-state index in [1.54, 1.807) is 46.1 Å². The largest absolute Gasteiger partial charge is 0.497 e. The summed E-state index contributed by atoms with van der Waals surface area (Å²) in [6.45, 7) is 13.0. The van der Waals surface area contributed by atoms with Crippen LogP contribution in [0.2, 0.25) is 5.15 Å². The summed E-state index contributed by atoms with van der Waals surface area (Å²) in [5.41, 5.74) is -0.222. The molecule has 6 atom stereocenters. The molecule has 2 amide bonds. The van der Waals surface area contributed by atoms with E-state index in [-0.39, 0.29) is 29.6 Å². The van der Waals surface area contributed by atoms with Crippen LogP contribution < -0.4 is 14.8 Å². The summed E-state index contributed by atoms with van der Waals surface area (Å²) in [6.07, 6.45) is 7.54. The predicted octanol–water partition coefficient (Wildman–Crippen LogP) is 6.65. The first-order valence-corrected chi connectivity index (χ1v) is 17.4. The molecule has 48 heavy (non-hydrogen) atoms. The Balaban J connectivity index is 1.40. The minimum Gasteiger partial charge on any atom is -0.497 e.